The lowest BCUT2D eigenvalue weighted by Crippen LogP contribution is -2.63. The summed E-state index contributed by atoms with van der Waals surface area (Å²) in [7, 11) is 0. The van der Waals surface area contributed by atoms with E-state index < -0.39 is 86.6 Å². The maximum Gasteiger partial charge on any atom is 0.306 e. The Kier molecular flexibility index (Phi) is 20.0. The molecule has 1 aliphatic rings. The van der Waals surface area contributed by atoms with E-state index >= 15 is 0 Å². The van der Waals surface area contributed by atoms with Crippen LogP contribution in [0.3, 0.4) is 0 Å². The number of hydrogen-bond acceptors (Lipinski definition) is 13. The normalized spacial score (nSPS) is 23.2. The highest BCUT2D eigenvalue weighted by Crippen LogP contribution is 2.30. The third kappa shape index (κ3) is 16.4. The van der Waals surface area contributed by atoms with Gasteiger partial charge in [-0.3, -0.25) is 19.2 Å². The fraction of sp³-hybridized carbons (Fsp3) is 0.867. The summed E-state index contributed by atoms with van der Waals surface area (Å²) < 4.78 is 32.9. The van der Waals surface area contributed by atoms with Crippen LogP contribution in [0.2, 0.25) is 0 Å². The number of aliphatic hydroxyl groups is 3. The first-order valence-electron chi connectivity index (χ1n) is 15.4. The first-order chi connectivity index (χ1) is 20.5. The molecule has 7 atom stereocenters. The number of aliphatic hydroxyl groups excluding tert-OH is 3. The number of ether oxygens (including phenoxy) is 6. The molecule has 0 aromatic rings. The van der Waals surface area contributed by atoms with Gasteiger partial charge in [-0.15, -0.1) is 0 Å². The zero-order valence-corrected chi connectivity index (χ0v) is 26.1. The van der Waals surface area contributed by atoms with Gasteiger partial charge in [0.25, 0.3) is 0 Å². The summed E-state index contributed by atoms with van der Waals surface area (Å²) in [5.41, 5.74) is 0. The van der Waals surface area contributed by atoms with Gasteiger partial charge in [-0.1, -0.05) is 71.1 Å². The smallest absolute Gasteiger partial charge is 0.306 e. The highest BCUT2D eigenvalue weighted by Gasteiger charge is 2.53. The molecule has 13 nitrogen and oxygen atoms in total. The fourth-order valence-electron chi connectivity index (χ4n) is 4.70. The molecule has 1 heterocycles. The van der Waals surface area contributed by atoms with E-state index in [0.29, 0.717) is 6.42 Å². The summed E-state index contributed by atoms with van der Waals surface area (Å²) >= 11 is 0. The predicted molar refractivity (Wildman–Crippen MR) is 152 cm³/mol. The third-order valence-electron chi connectivity index (χ3n) is 6.96. The Morgan fingerprint density at radius 3 is 1.74 bits per heavy atom. The molecule has 0 unspecified atom stereocenters. The van der Waals surface area contributed by atoms with E-state index in [9.17, 15) is 29.4 Å². The van der Waals surface area contributed by atoms with Gasteiger partial charge in [0.2, 0.25) is 0 Å². The van der Waals surface area contributed by atoms with E-state index in [-0.39, 0.29) is 6.42 Å². The number of hydrogen-bond donors (Lipinski definition) is 3. The van der Waals surface area contributed by atoms with Crippen LogP contribution in [0.1, 0.15) is 105 Å². The molecule has 0 aliphatic carbocycles. The third-order valence-corrected chi connectivity index (χ3v) is 6.96. The molecule has 0 radical (unpaired) electrons. The molecule has 43 heavy (non-hydrogen) atoms. The topological polar surface area (TPSA) is 184 Å². The van der Waals surface area contributed by atoms with E-state index in [1.54, 1.807) is 0 Å². The summed E-state index contributed by atoms with van der Waals surface area (Å²) in [4.78, 5) is 48.5. The van der Waals surface area contributed by atoms with Crippen molar-refractivity contribution >= 4 is 23.9 Å². The molecular formula is C30H52O13. The van der Waals surface area contributed by atoms with Gasteiger partial charge in [0.05, 0.1) is 13.2 Å². The molecule has 1 saturated heterocycles. The summed E-state index contributed by atoms with van der Waals surface area (Å²) in [6, 6.07) is 0. The average Bonchev–Trinajstić information content (AvgIpc) is 2.95. The molecule has 0 spiro atoms. The van der Waals surface area contributed by atoms with Gasteiger partial charge in [0.1, 0.15) is 24.9 Å². The monoisotopic (exact) mass is 620 g/mol. The largest absolute Gasteiger partial charge is 0.463 e. The van der Waals surface area contributed by atoms with Crippen molar-refractivity contribution in [2.45, 2.75) is 148 Å². The van der Waals surface area contributed by atoms with E-state index in [1.165, 1.54) is 38.5 Å². The average molecular weight is 621 g/mol. The Balaban J connectivity index is 2.92. The van der Waals surface area contributed by atoms with Crippen LogP contribution in [0, 0.1) is 0 Å². The van der Waals surface area contributed by atoms with Gasteiger partial charge < -0.3 is 43.7 Å². The Hall–Kier alpha value is -2.32. The first kappa shape index (κ1) is 38.7. The summed E-state index contributed by atoms with van der Waals surface area (Å²) in [6.45, 7) is 3.87. The zero-order chi connectivity index (χ0) is 32.2. The van der Waals surface area contributed by atoms with Crippen molar-refractivity contribution in [2.24, 2.45) is 0 Å². The van der Waals surface area contributed by atoms with Gasteiger partial charge in [0.15, 0.2) is 24.6 Å². The molecule has 3 N–H and O–H groups in total. The highest BCUT2D eigenvalue weighted by molar-refractivity contribution is 5.70. The molecule has 1 fully saturated rings. The second-order valence-corrected chi connectivity index (χ2v) is 10.9. The lowest BCUT2D eigenvalue weighted by molar-refractivity contribution is -0.312. The molecule has 0 aromatic heterocycles. The van der Waals surface area contributed by atoms with Crippen LogP contribution in [-0.2, 0) is 47.6 Å². The van der Waals surface area contributed by atoms with Crippen molar-refractivity contribution < 1.29 is 62.9 Å². The zero-order valence-electron chi connectivity index (χ0n) is 26.1. The molecule has 0 amide bonds. The summed E-state index contributed by atoms with van der Waals surface area (Å²) in [6.07, 6.45) is 2.25. The van der Waals surface area contributed by atoms with Crippen LogP contribution in [0.25, 0.3) is 0 Å². The van der Waals surface area contributed by atoms with E-state index in [2.05, 4.69) is 6.92 Å². The fourth-order valence-corrected chi connectivity index (χ4v) is 4.70. The molecular weight excluding hydrogens is 568 g/mol. The minimum atomic E-state index is -1.54. The van der Waals surface area contributed by atoms with Crippen molar-refractivity contribution in [3.63, 3.8) is 0 Å². The van der Waals surface area contributed by atoms with Crippen LogP contribution in [0.15, 0.2) is 0 Å². The predicted octanol–water partition coefficient (Wildman–Crippen LogP) is 2.48. The lowest BCUT2D eigenvalue weighted by Gasteiger charge is -2.44. The van der Waals surface area contributed by atoms with Crippen LogP contribution in [0.4, 0.5) is 0 Å². The summed E-state index contributed by atoms with van der Waals surface area (Å²) in [5.74, 6) is -2.83. The maximum atomic E-state index is 12.9. The Morgan fingerprint density at radius 2 is 1.23 bits per heavy atom. The Labute approximate surface area is 254 Å². The molecule has 1 aliphatic heterocycles. The first-order valence-corrected chi connectivity index (χ1v) is 15.4. The van der Waals surface area contributed by atoms with Crippen molar-refractivity contribution in [2.75, 3.05) is 19.8 Å². The van der Waals surface area contributed by atoms with Crippen LogP contribution >= 0.6 is 0 Å². The number of esters is 4. The standard InChI is InChI=1S/C30H52O13/c1-5-6-7-8-9-10-11-12-13-14-15-16-26(37)43-28-27(40-21(3)33)25(19-38-20(2)32)42-30(29(28)41-22(4)34)39-18-24(36)23(35)17-31/h23-25,27-31,35-36H,5-19H2,1-4H3/t23-,24+,25-,27-,28+,29+,30-/m1/s1. The van der Waals surface area contributed by atoms with Crippen molar-refractivity contribution in [3.8, 4) is 0 Å². The van der Waals surface area contributed by atoms with Gasteiger partial charge in [-0.2, -0.15) is 0 Å². The van der Waals surface area contributed by atoms with Crippen molar-refractivity contribution in [1.82, 2.24) is 0 Å². The minimum Gasteiger partial charge on any atom is -0.463 e. The summed E-state index contributed by atoms with van der Waals surface area (Å²) in [5, 5.41) is 28.8. The van der Waals surface area contributed by atoms with Crippen molar-refractivity contribution in [3.05, 3.63) is 0 Å². The van der Waals surface area contributed by atoms with E-state index in [4.69, 9.17) is 33.5 Å². The van der Waals surface area contributed by atoms with Crippen LogP contribution in [0.5, 0.6) is 0 Å². The van der Waals surface area contributed by atoms with Crippen molar-refractivity contribution in [1.29, 1.82) is 0 Å². The lowest BCUT2D eigenvalue weighted by atomic mass is 9.98. The van der Waals surface area contributed by atoms with Crippen LogP contribution < -0.4 is 0 Å². The maximum absolute atomic E-state index is 12.9. The molecule has 0 bridgehead atoms. The molecule has 13 heteroatoms. The van der Waals surface area contributed by atoms with E-state index in [0.717, 1.165) is 46.5 Å². The van der Waals surface area contributed by atoms with Gasteiger partial charge >= 0.3 is 23.9 Å². The number of unbranched alkanes of at least 4 members (excludes halogenated alkanes) is 10. The second-order valence-electron chi connectivity index (χ2n) is 10.9. The molecule has 250 valence electrons. The van der Waals surface area contributed by atoms with E-state index in [1.807, 2.05) is 0 Å². The number of carbonyl (C=O) groups is 4. The molecule has 0 saturated carbocycles. The Bertz CT molecular complexity index is 820. The highest BCUT2D eigenvalue weighted by atomic mass is 16.7. The molecule has 0 aromatic carbocycles. The number of carbonyl (C=O) groups excluding carboxylic acids is 4. The van der Waals surface area contributed by atoms with Crippen LogP contribution in [-0.4, -0.2) is 102 Å². The number of rotatable bonds is 22. The SMILES string of the molecule is CCCCCCCCCCCCCC(=O)O[C@@H]1[C@H](OC(C)=O)[C@H](OC[C@H](O)[C@H](O)CO)O[C@H](COC(C)=O)[C@H]1OC(C)=O. The van der Waals surface area contributed by atoms with Gasteiger partial charge in [0, 0.05) is 27.2 Å². The molecule has 1 rings (SSSR count). The minimum absolute atomic E-state index is 0.0650. The van der Waals surface area contributed by atoms with Gasteiger partial charge in [-0.25, -0.2) is 0 Å². The second kappa shape index (κ2) is 22.2. The van der Waals surface area contributed by atoms with Gasteiger partial charge in [-0.05, 0) is 6.42 Å². The Morgan fingerprint density at radius 1 is 0.698 bits per heavy atom. The quantitative estimate of drug-likeness (QED) is 0.0912.